The van der Waals surface area contributed by atoms with Crippen LogP contribution in [-0.2, 0) is 0 Å². The Kier molecular flexibility index (Phi) is 4.04. The van der Waals surface area contributed by atoms with Gasteiger partial charge in [-0.15, -0.1) is 10.2 Å². The number of benzene rings is 1. The second kappa shape index (κ2) is 6.36. The minimum Gasteiger partial charge on any atom is -0.411 e. The molecule has 1 N–H and O–H groups in total. The Balaban J connectivity index is 1.55. The first-order valence-corrected chi connectivity index (χ1v) is 8.90. The van der Waals surface area contributed by atoms with Crippen molar-refractivity contribution in [2.24, 2.45) is 0 Å². The van der Waals surface area contributed by atoms with Crippen molar-refractivity contribution in [1.29, 1.82) is 0 Å². The summed E-state index contributed by atoms with van der Waals surface area (Å²) in [5.41, 5.74) is 1.92. The predicted octanol–water partition coefficient (Wildman–Crippen LogP) is 4.58. The molecule has 0 fully saturated rings. The summed E-state index contributed by atoms with van der Waals surface area (Å²) >= 11 is 1.40. The van der Waals surface area contributed by atoms with Crippen LogP contribution in [0, 0.1) is 0 Å². The summed E-state index contributed by atoms with van der Waals surface area (Å²) in [6.45, 7) is 6.02. The molecule has 0 amide bonds. The number of rotatable bonds is 5. The van der Waals surface area contributed by atoms with Gasteiger partial charge >= 0.3 is 0 Å². The monoisotopic (exact) mass is 355 g/mol. The van der Waals surface area contributed by atoms with E-state index in [0.29, 0.717) is 22.8 Å². The van der Waals surface area contributed by atoms with Crippen molar-refractivity contribution < 1.29 is 8.94 Å². The predicted molar refractivity (Wildman–Crippen MR) is 94.2 cm³/mol. The standard InChI is InChI=1S/C17H17N5O2S/c1-9(2)14-19-15(24-22-14)10(3)25-17-21-20-16(23-17)12-8-18-13-7-5-4-6-11(12)13/h4-10,18H,1-3H3. The van der Waals surface area contributed by atoms with Crippen molar-refractivity contribution in [2.75, 3.05) is 0 Å². The lowest BCUT2D eigenvalue weighted by atomic mass is 10.2. The van der Waals surface area contributed by atoms with E-state index in [4.69, 9.17) is 8.94 Å². The number of nitrogens with zero attached hydrogens (tertiary/aromatic N) is 4. The molecule has 0 radical (unpaired) electrons. The number of H-pyrrole nitrogens is 1. The molecule has 128 valence electrons. The summed E-state index contributed by atoms with van der Waals surface area (Å²) < 4.78 is 11.1. The van der Waals surface area contributed by atoms with Crippen molar-refractivity contribution in [3.63, 3.8) is 0 Å². The minimum absolute atomic E-state index is 0.0729. The van der Waals surface area contributed by atoms with Crippen LogP contribution in [0.15, 0.2) is 44.6 Å². The van der Waals surface area contributed by atoms with E-state index in [9.17, 15) is 0 Å². The van der Waals surface area contributed by atoms with Gasteiger partial charge in [0.25, 0.3) is 11.1 Å². The highest BCUT2D eigenvalue weighted by Crippen LogP contribution is 2.36. The molecule has 25 heavy (non-hydrogen) atoms. The largest absolute Gasteiger partial charge is 0.411 e. The van der Waals surface area contributed by atoms with Crippen LogP contribution in [0.2, 0.25) is 0 Å². The molecule has 3 aromatic heterocycles. The molecule has 0 spiro atoms. The molecule has 0 aliphatic carbocycles. The lowest BCUT2D eigenvalue weighted by Gasteiger charge is -2.01. The Labute approximate surface area is 148 Å². The van der Waals surface area contributed by atoms with Crippen LogP contribution in [0.1, 0.15) is 43.7 Å². The quantitative estimate of drug-likeness (QED) is 0.524. The van der Waals surface area contributed by atoms with Crippen molar-refractivity contribution in [1.82, 2.24) is 25.3 Å². The number of hydrogen-bond acceptors (Lipinski definition) is 7. The van der Waals surface area contributed by atoms with Gasteiger partial charge in [-0.05, 0) is 13.0 Å². The van der Waals surface area contributed by atoms with Gasteiger partial charge in [-0.1, -0.05) is 49.0 Å². The molecule has 1 aromatic carbocycles. The molecular weight excluding hydrogens is 338 g/mol. The maximum absolute atomic E-state index is 5.81. The molecule has 0 aliphatic heterocycles. The van der Waals surface area contributed by atoms with Crippen LogP contribution in [0.5, 0.6) is 0 Å². The Morgan fingerprint density at radius 3 is 2.76 bits per heavy atom. The van der Waals surface area contributed by atoms with Gasteiger partial charge in [0.05, 0.1) is 10.8 Å². The van der Waals surface area contributed by atoms with E-state index in [2.05, 4.69) is 25.3 Å². The number of para-hydroxylation sites is 1. The average molecular weight is 355 g/mol. The fraction of sp³-hybridized carbons (Fsp3) is 0.294. The summed E-state index contributed by atoms with van der Waals surface area (Å²) in [4.78, 5) is 7.62. The smallest absolute Gasteiger partial charge is 0.277 e. The normalized spacial score (nSPS) is 13.0. The maximum Gasteiger partial charge on any atom is 0.277 e. The highest BCUT2D eigenvalue weighted by molar-refractivity contribution is 7.99. The van der Waals surface area contributed by atoms with Crippen molar-refractivity contribution in [3.05, 3.63) is 42.2 Å². The molecule has 3 heterocycles. The summed E-state index contributed by atoms with van der Waals surface area (Å²) in [6, 6.07) is 7.99. The van der Waals surface area contributed by atoms with Crippen molar-refractivity contribution in [3.8, 4) is 11.5 Å². The lowest BCUT2D eigenvalue weighted by molar-refractivity contribution is 0.372. The third-order valence-corrected chi connectivity index (χ3v) is 4.75. The third-order valence-electron chi connectivity index (χ3n) is 3.83. The van der Waals surface area contributed by atoms with Gasteiger partial charge in [-0.3, -0.25) is 0 Å². The van der Waals surface area contributed by atoms with Crippen molar-refractivity contribution in [2.45, 2.75) is 37.2 Å². The van der Waals surface area contributed by atoms with Gasteiger partial charge in [0.15, 0.2) is 5.82 Å². The lowest BCUT2D eigenvalue weighted by Crippen LogP contribution is -1.92. The van der Waals surface area contributed by atoms with E-state index >= 15 is 0 Å². The van der Waals surface area contributed by atoms with E-state index in [1.165, 1.54) is 11.8 Å². The van der Waals surface area contributed by atoms with Gasteiger partial charge in [-0.2, -0.15) is 4.98 Å². The molecule has 1 unspecified atom stereocenters. The highest BCUT2D eigenvalue weighted by Gasteiger charge is 2.21. The number of thioether (sulfide) groups is 1. The first kappa shape index (κ1) is 15.9. The van der Waals surface area contributed by atoms with Crippen LogP contribution in [-0.4, -0.2) is 25.3 Å². The molecule has 7 nitrogen and oxygen atoms in total. The SMILES string of the molecule is CC(C)c1noc(C(C)Sc2nnc(-c3c[nH]c4ccccc34)o2)n1. The molecule has 4 rings (SSSR count). The van der Waals surface area contributed by atoms with E-state index in [1.54, 1.807) is 0 Å². The maximum atomic E-state index is 5.81. The van der Waals surface area contributed by atoms with Crippen LogP contribution < -0.4 is 0 Å². The van der Waals surface area contributed by atoms with Gasteiger partial charge in [-0.25, -0.2) is 0 Å². The summed E-state index contributed by atoms with van der Waals surface area (Å²) in [5.74, 6) is 1.97. The van der Waals surface area contributed by atoms with Gasteiger partial charge < -0.3 is 13.9 Å². The molecule has 1 atom stereocenters. The molecule has 0 saturated heterocycles. The molecule has 0 aliphatic rings. The number of aromatic amines is 1. The molecule has 0 bridgehead atoms. The summed E-state index contributed by atoms with van der Waals surface area (Å²) in [5, 5.41) is 13.7. The van der Waals surface area contributed by atoms with E-state index in [1.807, 2.05) is 51.2 Å². The Morgan fingerprint density at radius 2 is 1.96 bits per heavy atom. The Hall–Kier alpha value is -2.61. The summed E-state index contributed by atoms with van der Waals surface area (Å²) in [6.07, 6.45) is 1.88. The average Bonchev–Trinajstić information content (AvgIpc) is 3.33. The highest BCUT2D eigenvalue weighted by atomic mass is 32.2. The fourth-order valence-corrected chi connectivity index (χ4v) is 3.18. The van der Waals surface area contributed by atoms with E-state index in [0.717, 1.165) is 16.5 Å². The second-order valence-corrected chi connectivity index (χ2v) is 7.32. The van der Waals surface area contributed by atoms with Crippen molar-refractivity contribution >= 4 is 22.7 Å². The van der Waals surface area contributed by atoms with Gasteiger partial charge in [0, 0.05) is 23.0 Å². The number of fused-ring (bicyclic) bond motifs is 1. The molecule has 4 aromatic rings. The summed E-state index contributed by atoms with van der Waals surface area (Å²) in [7, 11) is 0. The number of hydrogen-bond donors (Lipinski definition) is 1. The topological polar surface area (TPSA) is 93.6 Å². The first-order valence-electron chi connectivity index (χ1n) is 8.02. The molecule has 0 saturated carbocycles. The number of nitrogens with one attached hydrogen (secondary N) is 1. The van der Waals surface area contributed by atoms with Crippen LogP contribution >= 0.6 is 11.8 Å². The van der Waals surface area contributed by atoms with Crippen LogP contribution in [0.25, 0.3) is 22.4 Å². The van der Waals surface area contributed by atoms with Gasteiger partial charge in [0.1, 0.15) is 0 Å². The van der Waals surface area contributed by atoms with Gasteiger partial charge in [0.2, 0.25) is 5.89 Å². The van der Waals surface area contributed by atoms with Crippen LogP contribution in [0.3, 0.4) is 0 Å². The fourth-order valence-electron chi connectivity index (χ4n) is 2.46. The zero-order valence-corrected chi connectivity index (χ0v) is 14.9. The first-order chi connectivity index (χ1) is 12.1. The Bertz CT molecular complexity index is 1000. The zero-order valence-electron chi connectivity index (χ0n) is 14.1. The molecule has 8 heteroatoms. The zero-order chi connectivity index (χ0) is 17.4. The minimum atomic E-state index is -0.0729. The Morgan fingerprint density at radius 1 is 1.12 bits per heavy atom. The van der Waals surface area contributed by atoms with E-state index in [-0.39, 0.29) is 11.2 Å². The van der Waals surface area contributed by atoms with E-state index < -0.39 is 0 Å². The second-order valence-electron chi connectivity index (χ2n) is 6.03. The third kappa shape index (κ3) is 3.05. The van der Waals surface area contributed by atoms with Crippen LogP contribution in [0.4, 0.5) is 0 Å². The molecular formula is C17H17N5O2S. The number of aromatic nitrogens is 5.